The molecule has 0 heterocycles. The van der Waals surface area contributed by atoms with Crippen molar-refractivity contribution < 1.29 is 31.8 Å². The number of hydrogen-bond donors (Lipinski definition) is 0. The Morgan fingerprint density at radius 1 is 0.625 bits per heavy atom. The molecule has 0 amide bonds. The van der Waals surface area contributed by atoms with Gasteiger partial charge in [0.15, 0.2) is 0 Å². The van der Waals surface area contributed by atoms with Crippen molar-refractivity contribution in [2.75, 3.05) is 0 Å². The first-order valence-corrected chi connectivity index (χ1v) is 11.8. The second-order valence-corrected chi connectivity index (χ2v) is 9.73. The molecule has 3 nitrogen and oxygen atoms in total. The van der Waals surface area contributed by atoms with Crippen LogP contribution in [0.3, 0.4) is 0 Å². The first kappa shape index (κ1) is 21.5. The summed E-state index contributed by atoms with van der Waals surface area (Å²) in [4.78, 5) is -0.297. The van der Waals surface area contributed by atoms with Crippen molar-refractivity contribution in [2.45, 2.75) is 16.7 Å². The van der Waals surface area contributed by atoms with Crippen molar-refractivity contribution in [3.63, 3.8) is 0 Å². The van der Waals surface area contributed by atoms with Gasteiger partial charge in [-0.05, 0) is 50.6 Å². The van der Waals surface area contributed by atoms with E-state index in [0.717, 1.165) is 38.9 Å². The predicted molar refractivity (Wildman–Crippen MR) is 120 cm³/mol. The van der Waals surface area contributed by atoms with E-state index in [-0.39, 0.29) is 40.6 Å². The summed E-state index contributed by atoms with van der Waals surface area (Å²) in [6.07, 6.45) is 0. The van der Waals surface area contributed by atoms with E-state index in [1.165, 1.54) is 6.07 Å². The van der Waals surface area contributed by atoms with Crippen molar-refractivity contribution in [3.8, 4) is 22.3 Å². The predicted octanol–water partition coefficient (Wildman–Crippen LogP) is 3.17. The van der Waals surface area contributed by atoms with E-state index in [1.54, 1.807) is 0 Å². The van der Waals surface area contributed by atoms with Crippen LogP contribution in [0, 0.1) is 0 Å². The molecule has 152 valence electrons. The molecule has 0 N–H and O–H groups in total. The van der Waals surface area contributed by atoms with Gasteiger partial charge >= 0.3 is 18.9 Å². The minimum Gasteiger partial charge on any atom is -0.744 e. The molecular weight excluding hydrogens is 435 g/mol. The van der Waals surface area contributed by atoms with Gasteiger partial charge in [0.25, 0.3) is 0 Å². The molecule has 0 fully saturated rings. The standard InChI is InChI=1S/C26H17ClO3S.Li/c27-22-14-13-21-17-9-3-6-12-20(17)24(25(21)26(22)31(28,29)30)23-18-10-4-1-7-15(18)16-8-2-5-11-19(16)23;/h1-14,23-24H,(H,28,29,30);/q;+1/p-1. The molecule has 0 saturated heterocycles. The van der Waals surface area contributed by atoms with Crippen LogP contribution >= 0.6 is 11.6 Å². The third kappa shape index (κ3) is 2.95. The van der Waals surface area contributed by atoms with Crippen LogP contribution < -0.4 is 18.9 Å². The van der Waals surface area contributed by atoms with Crippen molar-refractivity contribution in [3.05, 3.63) is 112 Å². The normalized spacial score (nSPS) is 16.0. The summed E-state index contributed by atoms with van der Waals surface area (Å²) < 4.78 is 37.1. The smallest absolute Gasteiger partial charge is 0.744 e. The molecule has 1 atom stereocenters. The van der Waals surface area contributed by atoms with Gasteiger partial charge in [-0.1, -0.05) is 90.5 Å². The quantitative estimate of drug-likeness (QED) is 0.348. The molecule has 1 unspecified atom stereocenters. The van der Waals surface area contributed by atoms with Gasteiger partial charge in [0.1, 0.15) is 10.1 Å². The molecule has 6 heteroatoms. The molecule has 0 aromatic heterocycles. The van der Waals surface area contributed by atoms with Crippen molar-refractivity contribution >= 4 is 21.7 Å². The Hall–Kier alpha value is -2.32. The number of benzene rings is 4. The Labute approximate surface area is 204 Å². The van der Waals surface area contributed by atoms with E-state index in [4.69, 9.17) is 11.6 Å². The van der Waals surface area contributed by atoms with Gasteiger partial charge < -0.3 is 4.55 Å². The van der Waals surface area contributed by atoms with Gasteiger partial charge in [-0.15, -0.1) is 0 Å². The average Bonchev–Trinajstić information content (AvgIpc) is 3.25. The molecular formula is C26H16ClLiO3S. The van der Waals surface area contributed by atoms with Crippen molar-refractivity contribution in [1.29, 1.82) is 0 Å². The summed E-state index contributed by atoms with van der Waals surface area (Å²) in [6.45, 7) is 0. The second kappa shape index (κ2) is 7.62. The maximum absolute atomic E-state index is 12.4. The number of fused-ring (bicyclic) bond motifs is 6. The molecule has 0 bridgehead atoms. The fourth-order valence-electron chi connectivity index (χ4n) is 5.44. The van der Waals surface area contributed by atoms with Crippen LogP contribution in [0.2, 0.25) is 5.02 Å². The van der Waals surface area contributed by atoms with Crippen LogP contribution in [0.15, 0.2) is 89.8 Å². The molecule has 4 aromatic rings. The third-order valence-electron chi connectivity index (χ3n) is 6.51. The van der Waals surface area contributed by atoms with Gasteiger partial charge in [-0.3, -0.25) is 0 Å². The second-order valence-electron chi connectivity index (χ2n) is 8.01. The van der Waals surface area contributed by atoms with Gasteiger partial charge in [0.05, 0.1) is 9.92 Å². The van der Waals surface area contributed by atoms with Gasteiger partial charge in [0.2, 0.25) is 0 Å². The van der Waals surface area contributed by atoms with Crippen LogP contribution in [0.1, 0.15) is 34.1 Å². The molecule has 6 rings (SSSR count). The zero-order chi connectivity index (χ0) is 21.3. The molecule has 32 heavy (non-hydrogen) atoms. The zero-order valence-electron chi connectivity index (χ0n) is 17.2. The SMILES string of the molecule is O=S(=O)([O-])c1c(Cl)ccc2c1C(C1c3ccccc3-c3ccccc31)c1ccccc1-2.[Li+]. The molecule has 2 aliphatic rings. The van der Waals surface area contributed by atoms with Crippen LogP contribution in [0.4, 0.5) is 0 Å². The summed E-state index contributed by atoms with van der Waals surface area (Å²) in [5, 5.41) is -0.0221. The van der Waals surface area contributed by atoms with Crippen LogP contribution in [-0.2, 0) is 10.1 Å². The minimum atomic E-state index is -4.78. The first-order chi connectivity index (χ1) is 15.0. The Morgan fingerprint density at radius 2 is 1.06 bits per heavy atom. The van der Waals surface area contributed by atoms with E-state index >= 15 is 0 Å². The summed E-state index contributed by atoms with van der Waals surface area (Å²) in [5.41, 5.74) is 7.79. The summed E-state index contributed by atoms with van der Waals surface area (Å²) in [6, 6.07) is 27.7. The maximum Gasteiger partial charge on any atom is 1.00 e. The Balaban J connectivity index is 0.00000216. The zero-order valence-corrected chi connectivity index (χ0v) is 18.8. The minimum absolute atomic E-state index is 0. The maximum atomic E-state index is 12.4. The summed E-state index contributed by atoms with van der Waals surface area (Å²) in [5.74, 6) is -0.442. The molecule has 4 aromatic carbocycles. The fourth-order valence-corrected chi connectivity index (χ4v) is 6.70. The van der Waals surface area contributed by atoms with Crippen LogP contribution in [-0.4, -0.2) is 13.0 Å². The van der Waals surface area contributed by atoms with Crippen molar-refractivity contribution in [1.82, 2.24) is 0 Å². The van der Waals surface area contributed by atoms with Crippen LogP contribution in [0.25, 0.3) is 22.3 Å². The molecule has 0 radical (unpaired) electrons. The topological polar surface area (TPSA) is 57.2 Å². The fraction of sp³-hybridized carbons (Fsp3) is 0.0769. The molecule has 0 aliphatic heterocycles. The first-order valence-electron chi connectivity index (χ1n) is 10.0. The Kier molecular flexibility index (Phi) is 5.13. The van der Waals surface area contributed by atoms with E-state index in [1.807, 2.05) is 54.6 Å². The summed E-state index contributed by atoms with van der Waals surface area (Å²) >= 11 is 6.33. The van der Waals surface area contributed by atoms with Gasteiger partial charge in [-0.25, -0.2) is 8.42 Å². The third-order valence-corrected chi connectivity index (χ3v) is 7.88. The van der Waals surface area contributed by atoms with Crippen molar-refractivity contribution in [2.24, 2.45) is 0 Å². The Morgan fingerprint density at radius 3 is 1.56 bits per heavy atom. The van der Waals surface area contributed by atoms with Gasteiger partial charge in [-0.2, -0.15) is 0 Å². The van der Waals surface area contributed by atoms with E-state index < -0.39 is 10.1 Å². The number of halogens is 1. The monoisotopic (exact) mass is 450 g/mol. The summed E-state index contributed by atoms with van der Waals surface area (Å²) in [7, 11) is -4.78. The number of rotatable bonds is 2. The average molecular weight is 451 g/mol. The number of hydrogen-bond acceptors (Lipinski definition) is 3. The molecule has 0 saturated carbocycles. The largest absolute Gasteiger partial charge is 1.00 e. The van der Waals surface area contributed by atoms with Gasteiger partial charge in [0, 0.05) is 11.8 Å². The Bertz CT molecular complexity index is 1450. The van der Waals surface area contributed by atoms with E-state index in [0.29, 0.717) is 5.56 Å². The molecule has 0 spiro atoms. The van der Waals surface area contributed by atoms with E-state index in [2.05, 4.69) is 24.3 Å². The molecule has 2 aliphatic carbocycles. The van der Waals surface area contributed by atoms with E-state index in [9.17, 15) is 13.0 Å². The van der Waals surface area contributed by atoms with Crippen LogP contribution in [0.5, 0.6) is 0 Å².